The third kappa shape index (κ3) is 4.97. The van der Waals surface area contributed by atoms with Gasteiger partial charge in [-0.3, -0.25) is 9.59 Å². The lowest BCUT2D eigenvalue weighted by Crippen LogP contribution is -2.33. The van der Waals surface area contributed by atoms with Gasteiger partial charge in [-0.2, -0.15) is 0 Å². The van der Waals surface area contributed by atoms with Crippen molar-refractivity contribution in [3.63, 3.8) is 0 Å². The molecule has 1 amide bonds. The van der Waals surface area contributed by atoms with Crippen LogP contribution in [0, 0.1) is 5.82 Å². The molecule has 29 heavy (non-hydrogen) atoms. The van der Waals surface area contributed by atoms with Crippen molar-refractivity contribution in [2.24, 2.45) is 7.05 Å². The third-order valence-electron chi connectivity index (χ3n) is 4.29. The number of carbonyl (C=O) groups is 3. The Balaban J connectivity index is 1.67. The molecule has 6 nitrogen and oxygen atoms in total. The van der Waals surface area contributed by atoms with Crippen LogP contribution in [0.25, 0.3) is 0 Å². The maximum atomic E-state index is 13.2. The quantitative estimate of drug-likeness (QED) is 0.474. The number of ether oxygens (including phenoxy) is 1. The van der Waals surface area contributed by atoms with Gasteiger partial charge in [0.05, 0.1) is 6.04 Å². The van der Waals surface area contributed by atoms with E-state index in [0.717, 1.165) is 4.88 Å². The average molecular weight is 414 g/mol. The number of esters is 1. The topological polar surface area (TPSA) is 77.4 Å². The van der Waals surface area contributed by atoms with Gasteiger partial charge >= 0.3 is 5.97 Å². The van der Waals surface area contributed by atoms with E-state index in [1.54, 1.807) is 19.2 Å². The number of amides is 1. The molecule has 1 aromatic carbocycles. The lowest BCUT2D eigenvalue weighted by molar-refractivity contribution is -0.124. The minimum atomic E-state index is -0.704. The van der Waals surface area contributed by atoms with Crippen LogP contribution in [-0.2, 0) is 16.6 Å². The number of nitrogens with zero attached hydrogens (tertiary/aromatic N) is 1. The Bertz CT molecular complexity index is 1030. The standard InChI is InChI=1S/C21H19FN2O4S/c1-13(25)15-10-17(24(2)11-15)21(27)28-12-19(26)23-20(18-4-3-9-29-18)14-5-7-16(22)8-6-14/h3-11,20H,12H2,1-2H3,(H,23,26)/t20-/m1/s1. The minimum absolute atomic E-state index is 0.171. The van der Waals surface area contributed by atoms with Crippen LogP contribution in [0.3, 0.4) is 0 Å². The number of aryl methyl sites for hydroxylation is 1. The Labute approximate surface area is 170 Å². The van der Waals surface area contributed by atoms with E-state index in [1.807, 2.05) is 17.5 Å². The summed E-state index contributed by atoms with van der Waals surface area (Å²) in [6.07, 6.45) is 1.53. The van der Waals surface area contributed by atoms with E-state index in [1.165, 1.54) is 47.2 Å². The summed E-state index contributed by atoms with van der Waals surface area (Å²) in [6, 6.07) is 10.5. The summed E-state index contributed by atoms with van der Waals surface area (Å²) < 4.78 is 19.8. The number of nitrogens with one attached hydrogen (secondary N) is 1. The van der Waals surface area contributed by atoms with Crippen molar-refractivity contribution in [2.45, 2.75) is 13.0 Å². The van der Waals surface area contributed by atoms with Crippen molar-refractivity contribution in [3.05, 3.63) is 81.6 Å². The number of hydrogen-bond acceptors (Lipinski definition) is 5. The van der Waals surface area contributed by atoms with Crippen LogP contribution < -0.4 is 5.32 Å². The Morgan fingerprint density at radius 1 is 1.21 bits per heavy atom. The highest BCUT2D eigenvalue weighted by molar-refractivity contribution is 7.10. The number of rotatable bonds is 7. The molecule has 2 heterocycles. The molecule has 0 aliphatic carbocycles. The molecule has 3 aromatic rings. The van der Waals surface area contributed by atoms with E-state index in [0.29, 0.717) is 11.1 Å². The number of aromatic nitrogens is 1. The van der Waals surface area contributed by atoms with Crippen molar-refractivity contribution in [1.82, 2.24) is 9.88 Å². The average Bonchev–Trinajstić information content (AvgIpc) is 3.35. The zero-order chi connectivity index (χ0) is 21.0. The van der Waals surface area contributed by atoms with Gasteiger partial charge in [0.2, 0.25) is 0 Å². The Hall–Kier alpha value is -3.26. The zero-order valence-electron chi connectivity index (χ0n) is 15.8. The van der Waals surface area contributed by atoms with Crippen molar-refractivity contribution >= 4 is 29.0 Å². The Morgan fingerprint density at radius 3 is 2.52 bits per heavy atom. The lowest BCUT2D eigenvalue weighted by atomic mass is 10.1. The molecule has 0 bridgehead atoms. The van der Waals surface area contributed by atoms with Gasteiger partial charge in [-0.15, -0.1) is 11.3 Å². The summed E-state index contributed by atoms with van der Waals surface area (Å²) >= 11 is 1.45. The molecular formula is C21H19FN2O4S. The molecule has 0 radical (unpaired) electrons. The van der Waals surface area contributed by atoms with E-state index < -0.39 is 24.5 Å². The van der Waals surface area contributed by atoms with Gasteiger partial charge in [0.1, 0.15) is 11.5 Å². The lowest BCUT2D eigenvalue weighted by Gasteiger charge is -2.18. The number of ketones is 1. The molecule has 1 atom stereocenters. The smallest absolute Gasteiger partial charge is 0.355 e. The van der Waals surface area contributed by atoms with Crippen molar-refractivity contribution in [3.8, 4) is 0 Å². The van der Waals surface area contributed by atoms with E-state index in [9.17, 15) is 18.8 Å². The van der Waals surface area contributed by atoms with E-state index in [2.05, 4.69) is 5.32 Å². The van der Waals surface area contributed by atoms with E-state index >= 15 is 0 Å². The highest BCUT2D eigenvalue weighted by Crippen LogP contribution is 2.26. The van der Waals surface area contributed by atoms with Crippen molar-refractivity contribution in [2.75, 3.05) is 6.61 Å². The van der Waals surface area contributed by atoms with Gasteiger partial charge in [-0.25, -0.2) is 9.18 Å². The predicted octanol–water partition coefficient (Wildman–Crippen LogP) is 3.49. The summed E-state index contributed by atoms with van der Waals surface area (Å²) in [4.78, 5) is 37.0. The SMILES string of the molecule is CC(=O)c1cc(C(=O)OCC(=O)N[C@H](c2ccc(F)cc2)c2cccs2)n(C)c1. The summed E-state index contributed by atoms with van der Waals surface area (Å²) in [5.74, 6) is -1.74. The first-order valence-electron chi connectivity index (χ1n) is 8.78. The second-order valence-corrected chi connectivity index (χ2v) is 7.40. The number of halogens is 1. The molecule has 150 valence electrons. The second-order valence-electron chi connectivity index (χ2n) is 6.42. The van der Waals surface area contributed by atoms with Crippen LogP contribution in [0.2, 0.25) is 0 Å². The number of carbonyl (C=O) groups excluding carboxylic acids is 3. The first-order valence-corrected chi connectivity index (χ1v) is 9.65. The van der Waals surface area contributed by atoms with Gasteiger partial charge < -0.3 is 14.6 Å². The highest BCUT2D eigenvalue weighted by Gasteiger charge is 2.20. The monoisotopic (exact) mass is 414 g/mol. The number of Topliss-reactive ketones (excluding diaryl/α,β-unsaturated/α-hetero) is 1. The summed E-state index contributed by atoms with van der Waals surface area (Å²) in [5.41, 5.74) is 1.27. The molecule has 0 fully saturated rings. The molecule has 0 aliphatic heterocycles. The minimum Gasteiger partial charge on any atom is -0.451 e. The third-order valence-corrected chi connectivity index (χ3v) is 5.23. The molecule has 1 N–H and O–H groups in total. The summed E-state index contributed by atoms with van der Waals surface area (Å²) in [7, 11) is 1.62. The number of benzene rings is 1. The molecule has 0 aliphatic rings. The maximum Gasteiger partial charge on any atom is 0.355 e. The fraction of sp³-hybridized carbons (Fsp3) is 0.190. The van der Waals surface area contributed by atoms with Gasteiger partial charge in [0, 0.05) is 23.7 Å². The van der Waals surface area contributed by atoms with E-state index in [-0.39, 0.29) is 17.3 Å². The van der Waals surface area contributed by atoms with Gasteiger partial charge in [-0.1, -0.05) is 18.2 Å². The molecule has 0 spiro atoms. The highest BCUT2D eigenvalue weighted by atomic mass is 32.1. The predicted molar refractivity (Wildman–Crippen MR) is 106 cm³/mol. The van der Waals surface area contributed by atoms with Crippen LogP contribution in [0.5, 0.6) is 0 Å². The molecule has 2 aromatic heterocycles. The van der Waals surface area contributed by atoms with Crippen LogP contribution >= 0.6 is 11.3 Å². The van der Waals surface area contributed by atoms with Crippen LogP contribution in [0.4, 0.5) is 4.39 Å². The molecule has 0 saturated heterocycles. The van der Waals surface area contributed by atoms with Crippen molar-refractivity contribution < 1.29 is 23.5 Å². The summed E-state index contributed by atoms with van der Waals surface area (Å²) in [5, 5.41) is 4.69. The van der Waals surface area contributed by atoms with Crippen LogP contribution in [0.1, 0.15) is 44.3 Å². The first-order chi connectivity index (χ1) is 13.8. The largest absolute Gasteiger partial charge is 0.451 e. The first kappa shape index (κ1) is 20.5. The Kier molecular flexibility index (Phi) is 6.23. The fourth-order valence-corrected chi connectivity index (χ4v) is 3.60. The molecule has 8 heteroatoms. The number of thiophene rings is 1. The number of hydrogen-bond donors (Lipinski definition) is 1. The second kappa shape index (κ2) is 8.83. The van der Waals surface area contributed by atoms with Gasteiger partial charge in [-0.05, 0) is 42.1 Å². The normalized spacial score (nSPS) is 11.7. The van der Waals surface area contributed by atoms with E-state index in [4.69, 9.17) is 4.74 Å². The maximum absolute atomic E-state index is 13.2. The molecule has 0 unspecified atom stereocenters. The Morgan fingerprint density at radius 2 is 1.93 bits per heavy atom. The van der Waals surface area contributed by atoms with Crippen LogP contribution in [-0.4, -0.2) is 28.8 Å². The van der Waals surface area contributed by atoms with Crippen LogP contribution in [0.15, 0.2) is 54.0 Å². The zero-order valence-corrected chi connectivity index (χ0v) is 16.7. The fourth-order valence-electron chi connectivity index (χ4n) is 2.80. The summed E-state index contributed by atoms with van der Waals surface area (Å²) in [6.45, 7) is 0.917. The van der Waals surface area contributed by atoms with Gasteiger partial charge in [0.25, 0.3) is 5.91 Å². The molecular weight excluding hydrogens is 395 g/mol. The van der Waals surface area contributed by atoms with Crippen molar-refractivity contribution in [1.29, 1.82) is 0 Å². The molecule has 3 rings (SSSR count). The van der Waals surface area contributed by atoms with Gasteiger partial charge in [0.15, 0.2) is 12.4 Å². The molecule has 0 saturated carbocycles.